The molecule has 0 fully saturated rings. The van der Waals surface area contributed by atoms with Crippen molar-refractivity contribution >= 4 is 21.6 Å². The number of hydrogen-bond acceptors (Lipinski definition) is 3. The van der Waals surface area contributed by atoms with Gasteiger partial charge in [0.1, 0.15) is 12.4 Å². The highest BCUT2D eigenvalue weighted by atomic mass is 35.5. The molecule has 4 nitrogen and oxygen atoms in total. The second-order valence-electron chi connectivity index (χ2n) is 5.02. The number of ether oxygens (including phenoxy) is 1. The Bertz CT molecular complexity index is 502. The lowest BCUT2D eigenvalue weighted by Crippen LogP contribution is -2.34. The van der Waals surface area contributed by atoms with Gasteiger partial charge < -0.3 is 4.74 Å². The first-order valence-electron chi connectivity index (χ1n) is 6.54. The maximum atomic E-state index is 12.0. The van der Waals surface area contributed by atoms with Gasteiger partial charge in [0.15, 0.2) is 0 Å². The second kappa shape index (κ2) is 7.86. The van der Waals surface area contributed by atoms with Gasteiger partial charge in [-0.15, -0.1) is 11.6 Å². The largest absolute Gasteiger partial charge is 0.492 e. The maximum absolute atomic E-state index is 12.0. The van der Waals surface area contributed by atoms with Crippen LogP contribution in [0.25, 0.3) is 0 Å². The molecule has 20 heavy (non-hydrogen) atoms. The second-order valence-corrected chi connectivity index (χ2v) is 7.45. The number of hydrogen-bond donors (Lipinski definition) is 0. The van der Waals surface area contributed by atoms with Crippen LogP contribution < -0.4 is 4.74 Å². The molecule has 0 heterocycles. The predicted molar refractivity (Wildman–Crippen MR) is 83.0 cm³/mol. The normalized spacial score (nSPS) is 13.4. The third-order valence-electron chi connectivity index (χ3n) is 2.93. The average Bonchev–Trinajstić information content (AvgIpc) is 2.40. The van der Waals surface area contributed by atoms with E-state index in [1.54, 1.807) is 7.05 Å². The van der Waals surface area contributed by atoms with Gasteiger partial charge in [-0.2, -0.15) is 0 Å². The molecular formula is C14H22ClNO3S. The smallest absolute Gasteiger partial charge is 0.214 e. The van der Waals surface area contributed by atoms with Crippen LogP contribution in [0.5, 0.6) is 5.75 Å². The Morgan fingerprint density at radius 2 is 1.90 bits per heavy atom. The molecule has 0 spiro atoms. The molecule has 1 unspecified atom stereocenters. The Morgan fingerprint density at radius 3 is 2.45 bits per heavy atom. The molecule has 0 aliphatic heterocycles. The van der Waals surface area contributed by atoms with Crippen LogP contribution in [0.3, 0.4) is 0 Å². The number of nitrogens with zero attached hydrogens (tertiary/aromatic N) is 1. The molecule has 0 aliphatic rings. The molecule has 0 aliphatic carbocycles. The van der Waals surface area contributed by atoms with Crippen molar-refractivity contribution in [2.75, 3.05) is 31.8 Å². The number of aryl methyl sites for hydroxylation is 1. The fourth-order valence-corrected chi connectivity index (χ4v) is 3.28. The molecule has 1 rings (SSSR count). The lowest BCUT2D eigenvalue weighted by Gasteiger charge is -2.19. The Kier molecular flexibility index (Phi) is 6.79. The molecule has 0 aromatic heterocycles. The van der Waals surface area contributed by atoms with Crippen molar-refractivity contribution in [2.45, 2.75) is 13.8 Å². The van der Waals surface area contributed by atoms with E-state index < -0.39 is 10.0 Å². The Morgan fingerprint density at radius 1 is 1.30 bits per heavy atom. The molecule has 0 radical (unpaired) electrons. The third-order valence-corrected chi connectivity index (χ3v) is 5.58. The van der Waals surface area contributed by atoms with E-state index in [0.29, 0.717) is 19.0 Å². The van der Waals surface area contributed by atoms with Gasteiger partial charge in [0, 0.05) is 19.5 Å². The first kappa shape index (κ1) is 17.3. The number of alkyl halides is 1. The van der Waals surface area contributed by atoms with Crippen LogP contribution in [0.15, 0.2) is 24.3 Å². The minimum atomic E-state index is -3.26. The number of likely N-dealkylation sites (N-methyl/N-ethyl adjacent to an activating group) is 1. The first-order valence-corrected chi connectivity index (χ1v) is 8.69. The van der Waals surface area contributed by atoms with Crippen LogP contribution in [-0.4, -0.2) is 44.6 Å². The molecular weight excluding hydrogens is 298 g/mol. The van der Waals surface area contributed by atoms with Gasteiger partial charge >= 0.3 is 0 Å². The Balaban J connectivity index is 2.42. The van der Waals surface area contributed by atoms with Gasteiger partial charge in [-0.3, -0.25) is 0 Å². The van der Waals surface area contributed by atoms with E-state index in [-0.39, 0.29) is 11.7 Å². The zero-order valence-corrected chi connectivity index (χ0v) is 13.7. The first-order chi connectivity index (χ1) is 9.35. The minimum absolute atomic E-state index is 0.0536. The minimum Gasteiger partial charge on any atom is -0.492 e. The molecule has 1 aromatic carbocycles. The van der Waals surface area contributed by atoms with E-state index in [1.807, 2.05) is 38.1 Å². The van der Waals surface area contributed by atoms with Gasteiger partial charge in [0.25, 0.3) is 0 Å². The van der Waals surface area contributed by atoms with Crippen molar-refractivity contribution in [2.24, 2.45) is 5.92 Å². The summed E-state index contributed by atoms with van der Waals surface area (Å²) >= 11 is 5.65. The van der Waals surface area contributed by atoms with Crippen LogP contribution in [0.2, 0.25) is 0 Å². The summed E-state index contributed by atoms with van der Waals surface area (Å²) in [4.78, 5) is 0. The summed E-state index contributed by atoms with van der Waals surface area (Å²) in [6, 6.07) is 7.66. The van der Waals surface area contributed by atoms with Gasteiger partial charge in [-0.05, 0) is 25.0 Å². The third kappa shape index (κ3) is 5.69. The van der Waals surface area contributed by atoms with E-state index in [4.69, 9.17) is 16.3 Å². The Hall–Kier alpha value is -0.780. The number of rotatable bonds is 8. The molecule has 0 saturated heterocycles. The van der Waals surface area contributed by atoms with Gasteiger partial charge in [0.2, 0.25) is 10.0 Å². The summed E-state index contributed by atoms with van der Waals surface area (Å²) < 4.78 is 30.8. The standard InChI is InChI=1S/C14H22ClNO3S/c1-12-4-6-14(7-5-12)19-9-8-16(3)20(17,18)11-13(2)10-15/h4-7,13H,8-11H2,1-3H3. The van der Waals surface area contributed by atoms with Crippen molar-refractivity contribution in [3.8, 4) is 5.75 Å². The van der Waals surface area contributed by atoms with Crippen LogP contribution in [0.1, 0.15) is 12.5 Å². The monoisotopic (exact) mass is 319 g/mol. The molecule has 1 atom stereocenters. The van der Waals surface area contributed by atoms with Crippen molar-refractivity contribution in [3.05, 3.63) is 29.8 Å². The number of halogens is 1. The fraction of sp³-hybridized carbons (Fsp3) is 0.571. The van der Waals surface area contributed by atoms with Gasteiger partial charge in [0.05, 0.1) is 5.75 Å². The molecule has 6 heteroatoms. The van der Waals surface area contributed by atoms with E-state index >= 15 is 0 Å². The molecule has 114 valence electrons. The topological polar surface area (TPSA) is 46.6 Å². The molecule has 0 bridgehead atoms. The fourth-order valence-electron chi connectivity index (χ4n) is 1.60. The van der Waals surface area contributed by atoms with E-state index in [0.717, 1.165) is 11.3 Å². The van der Waals surface area contributed by atoms with Crippen molar-refractivity contribution in [1.82, 2.24) is 4.31 Å². The SMILES string of the molecule is Cc1ccc(OCCN(C)S(=O)(=O)CC(C)CCl)cc1. The zero-order valence-electron chi connectivity index (χ0n) is 12.2. The van der Waals surface area contributed by atoms with E-state index in [1.165, 1.54) is 4.31 Å². The summed E-state index contributed by atoms with van der Waals surface area (Å²) in [5, 5.41) is 0. The zero-order chi connectivity index (χ0) is 15.2. The van der Waals surface area contributed by atoms with Crippen molar-refractivity contribution in [1.29, 1.82) is 0 Å². The van der Waals surface area contributed by atoms with Gasteiger partial charge in [-0.25, -0.2) is 12.7 Å². The average molecular weight is 320 g/mol. The Labute approximate surface area is 126 Å². The van der Waals surface area contributed by atoms with Crippen LogP contribution in [0, 0.1) is 12.8 Å². The molecule has 1 aromatic rings. The van der Waals surface area contributed by atoms with Crippen LogP contribution in [0.4, 0.5) is 0 Å². The number of benzene rings is 1. The molecule has 0 amide bonds. The van der Waals surface area contributed by atoms with Crippen LogP contribution >= 0.6 is 11.6 Å². The molecule has 0 saturated carbocycles. The lowest BCUT2D eigenvalue weighted by atomic mass is 10.2. The number of sulfonamides is 1. The van der Waals surface area contributed by atoms with Crippen molar-refractivity contribution < 1.29 is 13.2 Å². The highest BCUT2D eigenvalue weighted by molar-refractivity contribution is 7.89. The summed E-state index contributed by atoms with van der Waals surface area (Å²) in [5.41, 5.74) is 1.16. The lowest BCUT2D eigenvalue weighted by molar-refractivity contribution is 0.286. The van der Waals surface area contributed by atoms with E-state index in [9.17, 15) is 8.42 Å². The molecule has 0 N–H and O–H groups in total. The predicted octanol–water partition coefficient (Wildman–Crippen LogP) is 2.51. The summed E-state index contributed by atoms with van der Waals surface area (Å²) in [6.07, 6.45) is 0. The summed E-state index contributed by atoms with van der Waals surface area (Å²) in [6.45, 7) is 4.47. The summed E-state index contributed by atoms with van der Waals surface area (Å²) in [7, 11) is -1.70. The van der Waals surface area contributed by atoms with E-state index in [2.05, 4.69) is 0 Å². The van der Waals surface area contributed by atoms with Crippen LogP contribution in [-0.2, 0) is 10.0 Å². The highest BCUT2D eigenvalue weighted by Gasteiger charge is 2.20. The quantitative estimate of drug-likeness (QED) is 0.692. The van der Waals surface area contributed by atoms with Gasteiger partial charge in [-0.1, -0.05) is 24.6 Å². The van der Waals surface area contributed by atoms with Crippen molar-refractivity contribution in [3.63, 3.8) is 0 Å². The highest BCUT2D eigenvalue weighted by Crippen LogP contribution is 2.12. The summed E-state index contributed by atoms with van der Waals surface area (Å²) in [5.74, 6) is 1.10. The maximum Gasteiger partial charge on any atom is 0.214 e.